The van der Waals surface area contributed by atoms with E-state index in [1.807, 2.05) is 0 Å². The summed E-state index contributed by atoms with van der Waals surface area (Å²) >= 11 is 0. The fourth-order valence-electron chi connectivity index (χ4n) is 2.12. The highest BCUT2D eigenvalue weighted by Crippen LogP contribution is 2.26. The van der Waals surface area contributed by atoms with Crippen molar-refractivity contribution in [3.63, 3.8) is 0 Å². The molecule has 0 radical (unpaired) electrons. The maximum Gasteiger partial charge on any atom is 0.493 e. The molecular formula is C16H30O9Si2. The Morgan fingerprint density at radius 1 is 0.741 bits per heavy atom. The molecule has 0 aliphatic heterocycles. The van der Waals surface area contributed by atoms with Crippen molar-refractivity contribution in [1.29, 1.82) is 0 Å². The standard InChI is InChI=1S/C16H30O9Si2/c1-7-15(17)23-11-9-13-26(19-3,20-4)25-27(21-5,22-6)14-10-12-24-16(18)8-2/h7-8H,1-2,9-14H2,3-6H3. The van der Waals surface area contributed by atoms with Gasteiger partial charge in [-0.2, -0.15) is 0 Å². The van der Waals surface area contributed by atoms with Gasteiger partial charge in [-0.1, -0.05) is 13.2 Å². The van der Waals surface area contributed by atoms with Crippen LogP contribution in [-0.2, 0) is 40.9 Å². The van der Waals surface area contributed by atoms with Crippen LogP contribution < -0.4 is 0 Å². The third kappa shape index (κ3) is 9.42. The molecule has 0 aromatic rings. The summed E-state index contributed by atoms with van der Waals surface area (Å²) in [4.78, 5) is 22.2. The summed E-state index contributed by atoms with van der Waals surface area (Å²) in [6, 6.07) is 0.800. The molecule has 0 amide bonds. The van der Waals surface area contributed by atoms with Crippen LogP contribution in [0.5, 0.6) is 0 Å². The van der Waals surface area contributed by atoms with E-state index in [2.05, 4.69) is 13.2 Å². The van der Waals surface area contributed by atoms with Gasteiger partial charge in [0.15, 0.2) is 0 Å². The summed E-state index contributed by atoms with van der Waals surface area (Å²) in [5.41, 5.74) is 0. The first-order chi connectivity index (χ1) is 12.9. The zero-order chi connectivity index (χ0) is 20.8. The summed E-state index contributed by atoms with van der Waals surface area (Å²) < 4.78 is 38.3. The van der Waals surface area contributed by atoms with E-state index in [0.29, 0.717) is 24.9 Å². The monoisotopic (exact) mass is 422 g/mol. The lowest BCUT2D eigenvalue weighted by Crippen LogP contribution is -2.57. The Morgan fingerprint density at radius 3 is 1.33 bits per heavy atom. The van der Waals surface area contributed by atoms with Gasteiger partial charge in [0.05, 0.1) is 13.2 Å². The Morgan fingerprint density at radius 2 is 1.07 bits per heavy atom. The van der Waals surface area contributed by atoms with Crippen LogP contribution in [0.1, 0.15) is 12.8 Å². The first-order valence-corrected chi connectivity index (χ1v) is 12.2. The maximum atomic E-state index is 11.1. The Kier molecular flexibility index (Phi) is 13.1. The van der Waals surface area contributed by atoms with Crippen LogP contribution in [0, 0.1) is 0 Å². The summed E-state index contributed by atoms with van der Waals surface area (Å²) in [7, 11) is -0.291. The van der Waals surface area contributed by atoms with Crippen molar-refractivity contribution in [2.45, 2.75) is 24.9 Å². The van der Waals surface area contributed by atoms with Crippen LogP contribution in [-0.4, -0.2) is 71.2 Å². The van der Waals surface area contributed by atoms with Gasteiger partial charge in [-0.25, -0.2) is 9.59 Å². The van der Waals surface area contributed by atoms with Crippen molar-refractivity contribution in [1.82, 2.24) is 0 Å². The zero-order valence-electron chi connectivity index (χ0n) is 16.5. The minimum absolute atomic E-state index is 0.182. The van der Waals surface area contributed by atoms with E-state index >= 15 is 0 Å². The number of ether oxygens (including phenoxy) is 2. The van der Waals surface area contributed by atoms with Crippen molar-refractivity contribution < 1.29 is 40.9 Å². The summed E-state index contributed by atoms with van der Waals surface area (Å²) in [5, 5.41) is 0. The van der Waals surface area contributed by atoms with E-state index in [9.17, 15) is 9.59 Å². The molecule has 27 heavy (non-hydrogen) atoms. The van der Waals surface area contributed by atoms with E-state index < -0.39 is 29.5 Å². The second kappa shape index (κ2) is 13.8. The fourth-order valence-corrected chi connectivity index (χ4v) is 8.47. The number of carbonyl (C=O) groups is 2. The second-order valence-corrected chi connectivity index (χ2v) is 11.4. The molecule has 0 heterocycles. The molecule has 0 spiro atoms. The molecule has 0 aliphatic carbocycles. The van der Waals surface area contributed by atoms with Gasteiger partial charge >= 0.3 is 29.5 Å². The van der Waals surface area contributed by atoms with E-state index in [0.717, 1.165) is 12.2 Å². The lowest BCUT2D eigenvalue weighted by atomic mass is 10.5. The first-order valence-electron chi connectivity index (χ1n) is 8.35. The molecule has 0 atom stereocenters. The number of esters is 2. The molecule has 0 N–H and O–H groups in total. The van der Waals surface area contributed by atoms with Crippen LogP contribution >= 0.6 is 0 Å². The maximum absolute atomic E-state index is 11.1. The van der Waals surface area contributed by atoms with E-state index in [4.69, 9.17) is 31.3 Å². The number of carbonyl (C=O) groups excluding carboxylic acids is 2. The minimum Gasteiger partial charge on any atom is -0.463 e. The van der Waals surface area contributed by atoms with Gasteiger partial charge in [0, 0.05) is 52.7 Å². The summed E-state index contributed by atoms with van der Waals surface area (Å²) in [6.45, 7) is 7.04. The molecule has 0 saturated carbocycles. The summed E-state index contributed by atoms with van der Waals surface area (Å²) in [5.74, 6) is -0.991. The first kappa shape index (κ1) is 25.7. The minimum atomic E-state index is -3.12. The molecule has 0 bridgehead atoms. The Bertz CT molecular complexity index is 435. The largest absolute Gasteiger partial charge is 0.493 e. The molecule has 0 saturated heterocycles. The highest BCUT2D eigenvalue weighted by Gasteiger charge is 2.51. The van der Waals surface area contributed by atoms with Gasteiger partial charge < -0.3 is 31.3 Å². The molecule has 9 nitrogen and oxygen atoms in total. The SMILES string of the molecule is C=CC(=O)OCCC[Si](OC)(OC)O[Si](CCCOC(=O)C=C)(OC)OC. The van der Waals surface area contributed by atoms with Gasteiger partial charge in [-0.3, -0.25) is 0 Å². The molecule has 0 aromatic heterocycles. The average molecular weight is 423 g/mol. The zero-order valence-corrected chi connectivity index (χ0v) is 18.5. The molecule has 0 aliphatic rings. The molecule has 11 heteroatoms. The Labute approximate surface area is 162 Å². The van der Waals surface area contributed by atoms with Crippen LogP contribution in [0.2, 0.25) is 12.1 Å². The number of rotatable bonds is 16. The van der Waals surface area contributed by atoms with E-state index in [-0.39, 0.29) is 13.2 Å². The molecule has 0 unspecified atom stereocenters. The van der Waals surface area contributed by atoms with Gasteiger partial charge in [-0.15, -0.1) is 0 Å². The van der Waals surface area contributed by atoms with E-state index in [1.165, 1.54) is 28.4 Å². The van der Waals surface area contributed by atoms with Crippen molar-refractivity contribution >= 4 is 29.5 Å². The van der Waals surface area contributed by atoms with Gasteiger partial charge in [0.1, 0.15) is 0 Å². The number of hydrogen-bond donors (Lipinski definition) is 0. The number of hydrogen-bond acceptors (Lipinski definition) is 9. The van der Waals surface area contributed by atoms with Crippen molar-refractivity contribution in [3.8, 4) is 0 Å². The lowest BCUT2D eigenvalue weighted by molar-refractivity contribution is -0.138. The van der Waals surface area contributed by atoms with Crippen LogP contribution in [0.4, 0.5) is 0 Å². The van der Waals surface area contributed by atoms with Gasteiger partial charge in [0.25, 0.3) is 0 Å². The lowest BCUT2D eigenvalue weighted by Gasteiger charge is -2.35. The molecule has 0 fully saturated rings. The van der Waals surface area contributed by atoms with Crippen LogP contribution in [0.3, 0.4) is 0 Å². The van der Waals surface area contributed by atoms with Crippen LogP contribution in [0.25, 0.3) is 0 Å². The molecule has 0 rings (SSSR count). The average Bonchev–Trinajstić information content (AvgIpc) is 2.71. The normalized spacial score (nSPS) is 11.7. The topological polar surface area (TPSA) is 98.8 Å². The highest BCUT2D eigenvalue weighted by molar-refractivity contribution is 6.74. The third-order valence-corrected chi connectivity index (χ3v) is 10.5. The predicted molar refractivity (Wildman–Crippen MR) is 102 cm³/mol. The third-order valence-electron chi connectivity index (χ3n) is 3.63. The van der Waals surface area contributed by atoms with Crippen molar-refractivity contribution in [2.24, 2.45) is 0 Å². The molecule has 0 aromatic carbocycles. The molecule has 156 valence electrons. The van der Waals surface area contributed by atoms with Gasteiger partial charge in [0.2, 0.25) is 0 Å². The molecular weight excluding hydrogens is 392 g/mol. The van der Waals surface area contributed by atoms with E-state index in [1.54, 1.807) is 0 Å². The van der Waals surface area contributed by atoms with Gasteiger partial charge in [-0.05, 0) is 12.8 Å². The Hall–Kier alpha value is -1.35. The Balaban J connectivity index is 4.86. The smallest absolute Gasteiger partial charge is 0.463 e. The predicted octanol–water partition coefficient (Wildman–Crippen LogP) is 1.70. The van der Waals surface area contributed by atoms with Crippen molar-refractivity contribution in [3.05, 3.63) is 25.3 Å². The summed E-state index contributed by atoms with van der Waals surface area (Å²) in [6.07, 6.45) is 3.15. The second-order valence-electron chi connectivity index (χ2n) is 5.23. The highest BCUT2D eigenvalue weighted by atomic mass is 28.5. The van der Waals surface area contributed by atoms with Crippen molar-refractivity contribution in [2.75, 3.05) is 41.7 Å². The van der Waals surface area contributed by atoms with Crippen LogP contribution in [0.15, 0.2) is 25.3 Å². The fraction of sp³-hybridized carbons (Fsp3) is 0.625. The quantitative estimate of drug-likeness (QED) is 0.159.